The second-order valence-corrected chi connectivity index (χ2v) is 2.76. The molecule has 0 aromatic heterocycles. The topological polar surface area (TPSA) is 17.1 Å². The van der Waals surface area contributed by atoms with E-state index in [1.54, 1.807) is 6.92 Å². The molecule has 0 radical (unpaired) electrons. The molecule has 0 heterocycles. The second kappa shape index (κ2) is 3.91. The van der Waals surface area contributed by atoms with Gasteiger partial charge in [0.05, 0.1) is 0 Å². The first-order chi connectivity index (χ1) is 4.95. The van der Waals surface area contributed by atoms with Crippen LogP contribution < -0.4 is 0 Å². The van der Waals surface area contributed by atoms with E-state index in [2.05, 4.69) is 19.7 Å². The van der Waals surface area contributed by atoms with Crippen LogP contribution in [0.4, 0.5) is 0 Å². The Hall–Kier alpha value is -1.11. The van der Waals surface area contributed by atoms with E-state index in [1.807, 2.05) is 6.92 Å². The average molecular weight is 150 g/mol. The molecule has 0 bridgehead atoms. The highest BCUT2D eigenvalue weighted by atomic mass is 16.1. The molecule has 0 aliphatic rings. The summed E-state index contributed by atoms with van der Waals surface area (Å²) in [6, 6.07) is 0. The Balaban J connectivity index is 4.07. The van der Waals surface area contributed by atoms with Gasteiger partial charge in [-0.3, -0.25) is 4.79 Å². The van der Waals surface area contributed by atoms with Crippen molar-refractivity contribution in [2.45, 2.75) is 20.3 Å². The van der Waals surface area contributed by atoms with Crippen molar-refractivity contribution < 1.29 is 4.79 Å². The number of rotatable bonds is 4. The molecule has 0 aliphatic carbocycles. The smallest absolute Gasteiger partial charge is 0.162 e. The van der Waals surface area contributed by atoms with Crippen LogP contribution in [0.3, 0.4) is 0 Å². The lowest BCUT2D eigenvalue weighted by atomic mass is 10.0. The van der Waals surface area contributed by atoms with Crippen molar-refractivity contribution in [2.75, 3.05) is 0 Å². The maximum absolute atomic E-state index is 11.1. The van der Waals surface area contributed by atoms with E-state index in [1.165, 1.54) is 0 Å². The second-order valence-electron chi connectivity index (χ2n) is 2.76. The summed E-state index contributed by atoms with van der Waals surface area (Å²) >= 11 is 0. The molecule has 0 spiro atoms. The lowest BCUT2D eigenvalue weighted by Crippen LogP contribution is -1.99. The SMILES string of the molecule is C=C(C)C(=C)CC(=O)C(=C)C. The quantitative estimate of drug-likeness (QED) is 0.445. The maximum Gasteiger partial charge on any atom is 0.162 e. The van der Waals surface area contributed by atoms with Crippen molar-refractivity contribution in [3.05, 3.63) is 36.5 Å². The minimum atomic E-state index is 0.0398. The summed E-state index contributed by atoms with van der Waals surface area (Å²) in [6.45, 7) is 14.5. The van der Waals surface area contributed by atoms with E-state index in [-0.39, 0.29) is 5.78 Å². The molecule has 0 rings (SSSR count). The van der Waals surface area contributed by atoms with Crippen LogP contribution in [0.1, 0.15) is 20.3 Å². The highest BCUT2D eigenvalue weighted by molar-refractivity contribution is 5.96. The highest BCUT2D eigenvalue weighted by Gasteiger charge is 2.04. The standard InChI is InChI=1S/C10H14O/c1-7(2)9(5)6-10(11)8(3)4/h1,3,5-6H2,2,4H3. The lowest BCUT2D eigenvalue weighted by Gasteiger charge is -2.02. The number of hydrogen-bond donors (Lipinski definition) is 0. The van der Waals surface area contributed by atoms with Gasteiger partial charge < -0.3 is 0 Å². The predicted molar refractivity (Wildman–Crippen MR) is 48.4 cm³/mol. The molecule has 0 atom stereocenters. The molecule has 0 unspecified atom stereocenters. The minimum absolute atomic E-state index is 0.0398. The minimum Gasteiger partial charge on any atom is -0.294 e. The van der Waals surface area contributed by atoms with Crippen molar-refractivity contribution in [1.82, 2.24) is 0 Å². The van der Waals surface area contributed by atoms with Crippen molar-refractivity contribution in [3.63, 3.8) is 0 Å². The zero-order valence-electron chi connectivity index (χ0n) is 7.24. The van der Waals surface area contributed by atoms with Crippen LogP contribution in [0.25, 0.3) is 0 Å². The molecule has 0 amide bonds. The van der Waals surface area contributed by atoms with Gasteiger partial charge in [-0.05, 0) is 25.0 Å². The Bertz CT molecular complexity index is 197. The summed E-state index contributed by atoms with van der Waals surface area (Å²) in [6.07, 6.45) is 0.352. The van der Waals surface area contributed by atoms with Gasteiger partial charge in [0.2, 0.25) is 0 Å². The largest absolute Gasteiger partial charge is 0.294 e. The normalized spacial score (nSPS) is 8.91. The van der Waals surface area contributed by atoms with Crippen LogP contribution in [0, 0.1) is 0 Å². The number of hydrogen-bond acceptors (Lipinski definition) is 1. The van der Waals surface area contributed by atoms with Crippen molar-refractivity contribution in [1.29, 1.82) is 0 Å². The molecular formula is C10H14O. The molecule has 0 fully saturated rings. The zero-order valence-corrected chi connectivity index (χ0v) is 7.24. The van der Waals surface area contributed by atoms with Crippen molar-refractivity contribution in [2.24, 2.45) is 0 Å². The summed E-state index contributed by atoms with van der Waals surface area (Å²) in [5, 5.41) is 0. The van der Waals surface area contributed by atoms with Crippen LogP contribution in [0.15, 0.2) is 36.5 Å². The fourth-order valence-electron chi connectivity index (χ4n) is 0.496. The number of allylic oxidation sites excluding steroid dienone is 3. The highest BCUT2D eigenvalue weighted by Crippen LogP contribution is 2.11. The zero-order chi connectivity index (χ0) is 9.02. The first kappa shape index (κ1) is 9.89. The molecule has 0 aromatic carbocycles. The summed E-state index contributed by atoms with van der Waals surface area (Å²) in [7, 11) is 0. The van der Waals surface area contributed by atoms with E-state index in [9.17, 15) is 4.79 Å². The molecule has 0 saturated heterocycles. The van der Waals surface area contributed by atoms with Gasteiger partial charge in [0, 0.05) is 6.42 Å². The van der Waals surface area contributed by atoms with Gasteiger partial charge in [0.25, 0.3) is 0 Å². The molecule has 0 aromatic rings. The Morgan fingerprint density at radius 2 is 1.55 bits per heavy atom. The fraction of sp³-hybridized carbons (Fsp3) is 0.300. The third-order valence-corrected chi connectivity index (χ3v) is 1.45. The average Bonchev–Trinajstić information content (AvgIpc) is 1.87. The predicted octanol–water partition coefficient (Wildman–Crippen LogP) is 2.65. The summed E-state index contributed by atoms with van der Waals surface area (Å²) in [4.78, 5) is 11.1. The summed E-state index contributed by atoms with van der Waals surface area (Å²) < 4.78 is 0. The first-order valence-electron chi connectivity index (χ1n) is 3.47. The lowest BCUT2D eigenvalue weighted by molar-refractivity contribution is -0.114. The van der Waals surface area contributed by atoms with Gasteiger partial charge in [-0.1, -0.05) is 25.3 Å². The Morgan fingerprint density at radius 1 is 1.09 bits per heavy atom. The van der Waals surface area contributed by atoms with Crippen LogP contribution in [-0.2, 0) is 4.79 Å². The summed E-state index contributed by atoms with van der Waals surface area (Å²) in [5.41, 5.74) is 2.23. The molecule has 0 N–H and O–H groups in total. The number of carbonyl (C=O) groups is 1. The first-order valence-corrected chi connectivity index (χ1v) is 3.47. The molecule has 60 valence electrons. The van der Waals surface area contributed by atoms with Gasteiger partial charge in [-0.15, -0.1) is 0 Å². The van der Waals surface area contributed by atoms with Crippen molar-refractivity contribution >= 4 is 5.78 Å². The third-order valence-electron chi connectivity index (χ3n) is 1.45. The van der Waals surface area contributed by atoms with E-state index in [0.717, 1.165) is 11.1 Å². The molecular weight excluding hydrogens is 136 g/mol. The molecule has 0 saturated carbocycles. The van der Waals surface area contributed by atoms with Crippen LogP contribution in [0.5, 0.6) is 0 Å². The number of Topliss-reactive ketones (excluding diaryl/α,β-unsaturated/α-hetero) is 1. The van der Waals surface area contributed by atoms with E-state index in [4.69, 9.17) is 0 Å². The van der Waals surface area contributed by atoms with Gasteiger partial charge in [0.15, 0.2) is 5.78 Å². The Labute approximate surface area is 68.1 Å². The third kappa shape index (κ3) is 3.56. The molecule has 1 nitrogen and oxygen atoms in total. The van der Waals surface area contributed by atoms with E-state index in [0.29, 0.717) is 12.0 Å². The molecule has 0 aliphatic heterocycles. The van der Waals surface area contributed by atoms with Gasteiger partial charge >= 0.3 is 0 Å². The fourth-order valence-corrected chi connectivity index (χ4v) is 0.496. The summed E-state index contributed by atoms with van der Waals surface area (Å²) in [5.74, 6) is 0.0398. The Kier molecular flexibility index (Phi) is 3.52. The van der Waals surface area contributed by atoms with Crippen LogP contribution in [-0.4, -0.2) is 5.78 Å². The van der Waals surface area contributed by atoms with Gasteiger partial charge in [0.1, 0.15) is 0 Å². The van der Waals surface area contributed by atoms with Crippen LogP contribution in [0.2, 0.25) is 0 Å². The van der Waals surface area contributed by atoms with E-state index >= 15 is 0 Å². The monoisotopic (exact) mass is 150 g/mol. The maximum atomic E-state index is 11.1. The van der Waals surface area contributed by atoms with Crippen molar-refractivity contribution in [3.8, 4) is 0 Å². The molecule has 1 heteroatoms. The van der Waals surface area contributed by atoms with Gasteiger partial charge in [-0.2, -0.15) is 0 Å². The Morgan fingerprint density at radius 3 is 1.82 bits per heavy atom. The number of ketones is 1. The number of carbonyl (C=O) groups excluding carboxylic acids is 1. The van der Waals surface area contributed by atoms with Crippen LogP contribution >= 0.6 is 0 Å². The molecule has 11 heavy (non-hydrogen) atoms. The van der Waals surface area contributed by atoms with E-state index < -0.39 is 0 Å². The van der Waals surface area contributed by atoms with Gasteiger partial charge in [-0.25, -0.2) is 0 Å².